The molecule has 138 valence electrons. The number of imidazole rings is 1. The number of rotatable bonds is 5. The predicted molar refractivity (Wildman–Crippen MR) is 104 cm³/mol. The summed E-state index contributed by atoms with van der Waals surface area (Å²) in [5.74, 6) is 0.829. The summed E-state index contributed by atoms with van der Waals surface area (Å²) >= 11 is 0. The van der Waals surface area contributed by atoms with Crippen molar-refractivity contribution < 1.29 is 8.42 Å². The molecule has 3 N–H and O–H groups in total. The van der Waals surface area contributed by atoms with Gasteiger partial charge in [0.15, 0.2) is 5.03 Å². The van der Waals surface area contributed by atoms with E-state index in [4.69, 9.17) is 5.73 Å². The van der Waals surface area contributed by atoms with Crippen LogP contribution >= 0.6 is 12.4 Å². The third kappa shape index (κ3) is 3.35. The average molecular weight is 393 g/mol. The highest BCUT2D eigenvalue weighted by molar-refractivity contribution is 7.89. The third-order valence-electron chi connectivity index (χ3n) is 4.67. The Hall–Kier alpha value is -1.93. The second kappa shape index (κ2) is 7.36. The summed E-state index contributed by atoms with van der Waals surface area (Å²) in [4.78, 5) is 4.22. The summed E-state index contributed by atoms with van der Waals surface area (Å²) in [6.45, 7) is 0.868. The van der Waals surface area contributed by atoms with Crippen LogP contribution in [0.2, 0.25) is 0 Å². The molecule has 1 aromatic heterocycles. The zero-order chi connectivity index (χ0) is 17.4. The van der Waals surface area contributed by atoms with E-state index in [0.717, 1.165) is 35.0 Å². The fourth-order valence-corrected chi connectivity index (χ4v) is 4.78. The maximum absolute atomic E-state index is 12.8. The van der Waals surface area contributed by atoms with Crippen LogP contribution in [-0.2, 0) is 23.0 Å². The molecule has 1 aliphatic heterocycles. The second-order valence-corrected chi connectivity index (χ2v) is 7.94. The minimum atomic E-state index is -3.68. The SMILES string of the molecule is Cl.NCC(NS(=O)(=O)c1cnc2n1CCC2)c1ccc2ccccc2c1. The molecule has 2 heterocycles. The van der Waals surface area contributed by atoms with Crippen LogP contribution in [-0.4, -0.2) is 24.5 Å². The zero-order valence-electron chi connectivity index (χ0n) is 14.1. The minimum absolute atomic E-state index is 0. The molecule has 6 nitrogen and oxygen atoms in total. The van der Waals surface area contributed by atoms with Crippen LogP contribution in [0.3, 0.4) is 0 Å². The van der Waals surface area contributed by atoms with Gasteiger partial charge in [-0.2, -0.15) is 0 Å². The van der Waals surface area contributed by atoms with Crippen LogP contribution in [0, 0.1) is 0 Å². The first-order valence-electron chi connectivity index (χ1n) is 8.34. The smallest absolute Gasteiger partial charge is 0.258 e. The van der Waals surface area contributed by atoms with Gasteiger partial charge in [0.1, 0.15) is 5.82 Å². The molecule has 0 fully saturated rings. The molecule has 26 heavy (non-hydrogen) atoms. The molecule has 0 radical (unpaired) electrons. The highest BCUT2D eigenvalue weighted by Crippen LogP contribution is 2.24. The molecule has 4 rings (SSSR count). The van der Waals surface area contributed by atoms with Crippen molar-refractivity contribution in [3.8, 4) is 0 Å². The number of sulfonamides is 1. The summed E-state index contributed by atoms with van der Waals surface area (Å²) in [7, 11) is -3.68. The molecule has 0 aliphatic carbocycles. The van der Waals surface area contributed by atoms with E-state index in [1.807, 2.05) is 42.5 Å². The summed E-state index contributed by atoms with van der Waals surface area (Å²) in [6.07, 6.45) is 3.18. The quantitative estimate of drug-likeness (QED) is 0.697. The van der Waals surface area contributed by atoms with Crippen molar-refractivity contribution in [1.82, 2.24) is 14.3 Å². The number of fused-ring (bicyclic) bond motifs is 2. The van der Waals surface area contributed by atoms with E-state index in [1.165, 1.54) is 6.20 Å². The Labute approximate surface area is 158 Å². The number of halogens is 1. The van der Waals surface area contributed by atoms with Crippen LogP contribution in [0.15, 0.2) is 53.7 Å². The maximum Gasteiger partial charge on any atom is 0.258 e. The fraction of sp³-hybridized carbons (Fsp3) is 0.278. The van der Waals surface area contributed by atoms with Crippen molar-refractivity contribution >= 4 is 33.2 Å². The molecular formula is C18H21ClN4O2S. The molecule has 1 unspecified atom stereocenters. The third-order valence-corrected chi connectivity index (χ3v) is 6.14. The van der Waals surface area contributed by atoms with Crippen LogP contribution in [0.1, 0.15) is 23.9 Å². The van der Waals surface area contributed by atoms with Gasteiger partial charge in [-0.1, -0.05) is 36.4 Å². The Bertz CT molecular complexity index is 1030. The van der Waals surface area contributed by atoms with E-state index in [2.05, 4.69) is 9.71 Å². The lowest BCUT2D eigenvalue weighted by Crippen LogP contribution is -2.34. The molecule has 2 aromatic carbocycles. The van der Waals surface area contributed by atoms with Crippen molar-refractivity contribution in [3.63, 3.8) is 0 Å². The van der Waals surface area contributed by atoms with Gasteiger partial charge < -0.3 is 10.3 Å². The van der Waals surface area contributed by atoms with Gasteiger partial charge in [-0.15, -0.1) is 12.4 Å². The first-order valence-corrected chi connectivity index (χ1v) is 9.82. The van der Waals surface area contributed by atoms with Crippen molar-refractivity contribution in [1.29, 1.82) is 0 Å². The van der Waals surface area contributed by atoms with E-state index >= 15 is 0 Å². The number of hydrogen-bond acceptors (Lipinski definition) is 4. The van der Waals surface area contributed by atoms with E-state index in [9.17, 15) is 8.42 Å². The van der Waals surface area contributed by atoms with Crippen LogP contribution in [0.4, 0.5) is 0 Å². The number of nitrogens with zero attached hydrogens (tertiary/aromatic N) is 2. The van der Waals surface area contributed by atoms with E-state index in [1.54, 1.807) is 4.57 Å². The normalized spacial score (nSPS) is 14.8. The molecule has 0 bridgehead atoms. The van der Waals surface area contributed by atoms with Crippen LogP contribution < -0.4 is 10.5 Å². The van der Waals surface area contributed by atoms with Gasteiger partial charge in [0.05, 0.1) is 12.2 Å². The van der Waals surface area contributed by atoms with E-state index in [-0.39, 0.29) is 24.0 Å². The average Bonchev–Trinajstić information content (AvgIpc) is 3.22. The van der Waals surface area contributed by atoms with Gasteiger partial charge in [0.25, 0.3) is 10.0 Å². The molecule has 0 saturated heterocycles. The highest BCUT2D eigenvalue weighted by Gasteiger charge is 2.27. The number of nitrogens with one attached hydrogen (secondary N) is 1. The Morgan fingerprint density at radius 2 is 1.96 bits per heavy atom. The Morgan fingerprint density at radius 1 is 1.19 bits per heavy atom. The lowest BCUT2D eigenvalue weighted by molar-refractivity contribution is 0.544. The van der Waals surface area contributed by atoms with Gasteiger partial charge in [0, 0.05) is 19.5 Å². The Kier molecular flexibility index (Phi) is 5.34. The number of aryl methyl sites for hydroxylation is 1. The Morgan fingerprint density at radius 3 is 2.73 bits per heavy atom. The standard InChI is InChI=1S/C18H20N4O2S.ClH/c19-11-16(15-8-7-13-4-1-2-5-14(13)10-15)21-25(23,24)18-12-20-17-6-3-9-22(17)18;/h1-2,4-5,7-8,10,12,16,21H,3,6,9,11,19H2;1H. The van der Waals surface area contributed by atoms with Crippen molar-refractivity contribution in [2.75, 3.05) is 6.54 Å². The number of nitrogens with two attached hydrogens (primary N) is 1. The second-order valence-electron chi connectivity index (χ2n) is 6.28. The summed E-state index contributed by atoms with van der Waals surface area (Å²) in [5.41, 5.74) is 6.73. The molecular weight excluding hydrogens is 372 g/mol. The van der Waals surface area contributed by atoms with Gasteiger partial charge in [0.2, 0.25) is 0 Å². The maximum atomic E-state index is 12.8. The molecule has 0 amide bonds. The molecule has 3 aromatic rings. The zero-order valence-corrected chi connectivity index (χ0v) is 15.8. The van der Waals surface area contributed by atoms with E-state index < -0.39 is 16.1 Å². The topological polar surface area (TPSA) is 90.0 Å². The number of benzene rings is 2. The monoisotopic (exact) mass is 392 g/mol. The summed E-state index contributed by atoms with van der Waals surface area (Å²) < 4.78 is 30.2. The number of hydrogen-bond donors (Lipinski definition) is 2. The van der Waals surface area contributed by atoms with Gasteiger partial charge >= 0.3 is 0 Å². The first-order chi connectivity index (χ1) is 12.1. The predicted octanol–water partition coefficient (Wildman–Crippen LogP) is 2.38. The fourth-order valence-electron chi connectivity index (χ4n) is 3.37. The molecule has 1 aliphatic rings. The molecule has 1 atom stereocenters. The van der Waals surface area contributed by atoms with Crippen molar-refractivity contribution in [2.45, 2.75) is 30.5 Å². The first kappa shape index (κ1) is 18.8. The molecule has 8 heteroatoms. The van der Waals surface area contributed by atoms with Crippen LogP contribution in [0.5, 0.6) is 0 Å². The number of aromatic nitrogens is 2. The lowest BCUT2D eigenvalue weighted by atomic mass is 10.0. The van der Waals surface area contributed by atoms with Crippen LogP contribution in [0.25, 0.3) is 10.8 Å². The van der Waals surface area contributed by atoms with Gasteiger partial charge in [-0.05, 0) is 28.8 Å². The largest absolute Gasteiger partial charge is 0.329 e. The van der Waals surface area contributed by atoms with E-state index in [0.29, 0.717) is 6.54 Å². The summed E-state index contributed by atoms with van der Waals surface area (Å²) in [5, 5.41) is 2.39. The van der Waals surface area contributed by atoms with Gasteiger partial charge in [-0.25, -0.2) is 18.1 Å². The van der Waals surface area contributed by atoms with Crippen molar-refractivity contribution in [3.05, 3.63) is 60.0 Å². The minimum Gasteiger partial charge on any atom is -0.329 e. The highest BCUT2D eigenvalue weighted by atomic mass is 35.5. The lowest BCUT2D eigenvalue weighted by Gasteiger charge is -2.18. The van der Waals surface area contributed by atoms with Gasteiger partial charge in [-0.3, -0.25) is 0 Å². The molecule has 0 saturated carbocycles. The van der Waals surface area contributed by atoms with Crippen molar-refractivity contribution in [2.24, 2.45) is 5.73 Å². The molecule has 0 spiro atoms. The Balaban J connectivity index is 0.00000196. The summed E-state index contributed by atoms with van der Waals surface area (Å²) in [6, 6.07) is 13.4.